The lowest BCUT2D eigenvalue weighted by molar-refractivity contribution is 0.736. The number of benzene rings is 3. The van der Waals surface area contributed by atoms with Crippen molar-refractivity contribution < 1.29 is 0 Å². The fourth-order valence-electron chi connectivity index (χ4n) is 3.08. The predicted octanol–water partition coefficient (Wildman–Crippen LogP) is 7.38. The normalized spacial score (nSPS) is 10.8. The molecule has 0 N–H and O–H groups in total. The molecule has 0 spiro atoms. The average Bonchev–Trinajstić information content (AvgIpc) is 2.70. The van der Waals surface area contributed by atoms with Gasteiger partial charge in [0, 0.05) is 0 Å². The third-order valence-electron chi connectivity index (χ3n) is 4.54. The Kier molecular flexibility index (Phi) is 6.74. The van der Waals surface area contributed by atoms with Gasteiger partial charge in [-0.15, -0.1) is 0 Å². The van der Waals surface area contributed by atoms with Crippen molar-refractivity contribution in [3.63, 3.8) is 0 Å². The van der Waals surface area contributed by atoms with Gasteiger partial charge in [-0.1, -0.05) is 62.7 Å². The molecule has 0 fully saturated rings. The van der Waals surface area contributed by atoms with Gasteiger partial charge in [-0.05, 0) is 72.5 Å². The van der Waals surface area contributed by atoms with E-state index in [1.54, 1.807) is 0 Å². The van der Waals surface area contributed by atoms with Crippen molar-refractivity contribution >= 4 is 16.5 Å². The maximum absolute atomic E-state index is 4.29. The molecule has 0 unspecified atom stereocenters. The Balaban J connectivity index is 1.87. The molecule has 0 saturated heterocycles. The molecule has 0 aliphatic heterocycles. The van der Waals surface area contributed by atoms with Gasteiger partial charge in [-0.3, -0.25) is 0 Å². The first-order chi connectivity index (χ1) is 12.8. The second kappa shape index (κ2) is 9.45. The van der Waals surface area contributed by atoms with Gasteiger partial charge >= 0.3 is 0 Å². The zero-order valence-corrected chi connectivity index (χ0v) is 16.3. The molecule has 0 aliphatic rings. The van der Waals surface area contributed by atoms with E-state index in [0.717, 1.165) is 6.42 Å². The zero-order valence-electron chi connectivity index (χ0n) is 15.5. The van der Waals surface area contributed by atoms with Crippen molar-refractivity contribution in [3.05, 3.63) is 97.1 Å². The van der Waals surface area contributed by atoms with Gasteiger partial charge < -0.3 is 0 Å². The molecule has 0 atom stereocenters. The molecule has 132 valence electrons. The number of rotatable bonds is 8. The highest BCUT2D eigenvalue weighted by atomic mass is 32.2. The molecular formula is C25H27S+. The summed E-state index contributed by atoms with van der Waals surface area (Å²) in [5.74, 6) is 0. The minimum atomic E-state index is -0.0726. The second-order valence-corrected chi connectivity index (χ2v) is 8.54. The van der Waals surface area contributed by atoms with Crippen LogP contribution in [0.15, 0.2) is 106 Å². The molecule has 3 aromatic rings. The van der Waals surface area contributed by atoms with E-state index in [0.29, 0.717) is 0 Å². The number of hydrogen-bond acceptors (Lipinski definition) is 0. The van der Waals surface area contributed by atoms with E-state index in [9.17, 15) is 0 Å². The van der Waals surface area contributed by atoms with E-state index in [2.05, 4.69) is 98.4 Å². The summed E-state index contributed by atoms with van der Waals surface area (Å²) in [5.41, 5.74) is 2.53. The first-order valence-electron chi connectivity index (χ1n) is 9.42. The van der Waals surface area contributed by atoms with Crippen LogP contribution in [-0.2, 0) is 10.9 Å². The fourth-order valence-corrected chi connectivity index (χ4v) is 5.16. The topological polar surface area (TPSA) is 0 Å². The van der Waals surface area contributed by atoms with Gasteiger partial charge in [0.25, 0.3) is 0 Å². The highest BCUT2D eigenvalue weighted by molar-refractivity contribution is 7.97. The third kappa shape index (κ3) is 4.68. The van der Waals surface area contributed by atoms with Crippen LogP contribution in [0.25, 0.3) is 5.57 Å². The Morgan fingerprint density at radius 1 is 0.692 bits per heavy atom. The van der Waals surface area contributed by atoms with Crippen LogP contribution in [0, 0.1) is 0 Å². The van der Waals surface area contributed by atoms with Gasteiger partial charge in [0.05, 0.1) is 10.9 Å². The van der Waals surface area contributed by atoms with Gasteiger partial charge in [-0.2, -0.15) is 0 Å². The molecule has 1 heteroatoms. The number of allylic oxidation sites excluding steroid dienone is 1. The molecule has 0 radical (unpaired) electrons. The highest BCUT2D eigenvalue weighted by Gasteiger charge is 2.28. The second-order valence-electron chi connectivity index (χ2n) is 6.52. The minimum Gasteiger partial charge on any atom is -0.0952 e. The maximum atomic E-state index is 4.29. The van der Waals surface area contributed by atoms with Crippen molar-refractivity contribution in [2.45, 2.75) is 47.3 Å². The fraction of sp³-hybridized carbons (Fsp3) is 0.200. The highest BCUT2D eigenvalue weighted by Crippen LogP contribution is 2.32. The SMILES string of the molecule is C=C(CCCCC)c1ccc([S+](c2ccccc2)c2ccccc2)cc1. The van der Waals surface area contributed by atoms with Crippen LogP contribution in [0.4, 0.5) is 0 Å². The van der Waals surface area contributed by atoms with Crippen LogP contribution in [0.3, 0.4) is 0 Å². The van der Waals surface area contributed by atoms with Crippen molar-refractivity contribution in [1.29, 1.82) is 0 Å². The molecule has 0 bridgehead atoms. The molecule has 0 nitrogen and oxygen atoms in total. The lowest BCUT2D eigenvalue weighted by Gasteiger charge is -2.10. The van der Waals surface area contributed by atoms with Crippen molar-refractivity contribution in [2.24, 2.45) is 0 Å². The smallest absolute Gasteiger partial charge is 0.0952 e. The summed E-state index contributed by atoms with van der Waals surface area (Å²) in [6, 6.07) is 30.6. The minimum absolute atomic E-state index is 0.0726. The molecule has 0 amide bonds. The molecule has 0 aromatic heterocycles. The maximum Gasteiger partial charge on any atom is 0.166 e. The summed E-state index contributed by atoms with van der Waals surface area (Å²) in [7, 11) is -0.0726. The molecule has 0 saturated carbocycles. The Morgan fingerprint density at radius 2 is 1.19 bits per heavy atom. The predicted molar refractivity (Wildman–Crippen MR) is 115 cm³/mol. The summed E-state index contributed by atoms with van der Waals surface area (Å²) in [6.07, 6.45) is 4.86. The van der Waals surface area contributed by atoms with E-state index in [-0.39, 0.29) is 10.9 Å². The van der Waals surface area contributed by atoms with Crippen molar-refractivity contribution in [1.82, 2.24) is 0 Å². The molecule has 0 heterocycles. The van der Waals surface area contributed by atoms with E-state index in [4.69, 9.17) is 0 Å². The van der Waals surface area contributed by atoms with E-state index >= 15 is 0 Å². The molecule has 26 heavy (non-hydrogen) atoms. The van der Waals surface area contributed by atoms with Crippen molar-refractivity contribution in [3.8, 4) is 0 Å². The zero-order chi connectivity index (χ0) is 18.2. The summed E-state index contributed by atoms with van der Waals surface area (Å²) < 4.78 is 0. The van der Waals surface area contributed by atoms with E-state index in [1.807, 2.05) is 0 Å². The summed E-state index contributed by atoms with van der Waals surface area (Å²) in [6.45, 7) is 6.53. The van der Waals surface area contributed by atoms with Crippen LogP contribution in [0.2, 0.25) is 0 Å². The largest absolute Gasteiger partial charge is 0.166 e. The summed E-state index contributed by atoms with van der Waals surface area (Å²) >= 11 is 0. The van der Waals surface area contributed by atoms with Gasteiger partial charge in [0.15, 0.2) is 14.7 Å². The van der Waals surface area contributed by atoms with Crippen LogP contribution in [0.5, 0.6) is 0 Å². The number of hydrogen-bond donors (Lipinski definition) is 0. The molecule has 0 aliphatic carbocycles. The van der Waals surface area contributed by atoms with Crippen LogP contribution in [0.1, 0.15) is 38.2 Å². The first-order valence-corrected chi connectivity index (χ1v) is 10.6. The molecular weight excluding hydrogens is 332 g/mol. The molecule has 3 aromatic carbocycles. The van der Waals surface area contributed by atoms with E-state index in [1.165, 1.54) is 45.1 Å². The standard InChI is InChI=1S/C25H27S/c1-3-4-7-12-21(2)22-17-19-25(20-18-22)26(23-13-8-5-9-14-23)24-15-10-6-11-16-24/h5-6,8-11,13-20H,2-4,7,12H2,1H3/q+1. The van der Waals surface area contributed by atoms with Crippen LogP contribution >= 0.6 is 0 Å². The van der Waals surface area contributed by atoms with Crippen LogP contribution in [-0.4, -0.2) is 0 Å². The van der Waals surface area contributed by atoms with Gasteiger partial charge in [0.2, 0.25) is 0 Å². The van der Waals surface area contributed by atoms with Gasteiger partial charge in [-0.25, -0.2) is 0 Å². The first kappa shape index (κ1) is 18.5. The average molecular weight is 360 g/mol. The Labute approximate surface area is 161 Å². The molecule has 3 rings (SSSR count). The summed E-state index contributed by atoms with van der Waals surface area (Å²) in [4.78, 5) is 4.06. The van der Waals surface area contributed by atoms with E-state index < -0.39 is 0 Å². The lowest BCUT2D eigenvalue weighted by Crippen LogP contribution is -2.04. The summed E-state index contributed by atoms with van der Waals surface area (Å²) in [5, 5.41) is 0. The number of unbranched alkanes of at least 4 members (excludes halogenated alkanes) is 2. The third-order valence-corrected chi connectivity index (χ3v) is 6.77. The van der Waals surface area contributed by atoms with Crippen molar-refractivity contribution in [2.75, 3.05) is 0 Å². The lowest BCUT2D eigenvalue weighted by atomic mass is 10.0. The van der Waals surface area contributed by atoms with Gasteiger partial charge in [0.1, 0.15) is 0 Å². The van der Waals surface area contributed by atoms with Crippen LogP contribution < -0.4 is 0 Å². The quantitative estimate of drug-likeness (QED) is 0.291. The Bertz CT molecular complexity index is 764. The Morgan fingerprint density at radius 3 is 1.69 bits per heavy atom. The monoisotopic (exact) mass is 359 g/mol. The Hall–Kier alpha value is -2.25.